The molecule has 0 radical (unpaired) electrons. The Balaban J connectivity index is 3.00. The molecule has 4 atom stereocenters. The highest BCUT2D eigenvalue weighted by atomic mass is 16.4. The first-order chi connectivity index (χ1) is 15.4. The average Bonchev–Trinajstić information content (AvgIpc) is 3.22. The standard InChI is InChI=1S/C20H33N7O6/c1-10(2)6-13(21)17(29)26-14(4-5-16(22)28)18(30)27-15(7-12-8-23-9-24-12)19(31)25-11(3)20(32)33/h8-11,13-15H,4-7,21H2,1-3H3,(H2,22,28)(H,23,24)(H,25,31)(H,26,29)(H,27,30)(H,32,33). The summed E-state index contributed by atoms with van der Waals surface area (Å²) in [7, 11) is 0. The number of primary amides is 1. The van der Waals surface area contributed by atoms with E-state index in [-0.39, 0.29) is 25.2 Å². The fraction of sp³-hybridized carbons (Fsp3) is 0.600. The first-order valence-electron chi connectivity index (χ1n) is 10.6. The summed E-state index contributed by atoms with van der Waals surface area (Å²) in [5.41, 5.74) is 11.6. The zero-order chi connectivity index (χ0) is 25.1. The molecule has 0 spiro atoms. The van der Waals surface area contributed by atoms with Crippen molar-refractivity contribution in [3.63, 3.8) is 0 Å². The number of aliphatic carboxylic acids is 1. The number of nitrogens with one attached hydrogen (secondary N) is 4. The lowest BCUT2D eigenvalue weighted by Gasteiger charge is -2.24. The van der Waals surface area contributed by atoms with Crippen LogP contribution in [0.1, 0.15) is 45.7 Å². The SMILES string of the molecule is CC(C)CC(N)C(=O)NC(CCC(N)=O)C(=O)NC(Cc1cnc[nH]1)C(=O)NC(C)C(=O)O. The molecule has 0 aliphatic carbocycles. The van der Waals surface area contributed by atoms with Gasteiger partial charge in [0.15, 0.2) is 0 Å². The third kappa shape index (κ3) is 10.1. The topological polar surface area (TPSA) is 222 Å². The minimum Gasteiger partial charge on any atom is -0.480 e. The van der Waals surface area contributed by atoms with E-state index in [9.17, 15) is 24.0 Å². The van der Waals surface area contributed by atoms with Crippen molar-refractivity contribution in [2.24, 2.45) is 17.4 Å². The van der Waals surface area contributed by atoms with Crippen LogP contribution in [0.4, 0.5) is 0 Å². The molecule has 4 unspecified atom stereocenters. The van der Waals surface area contributed by atoms with Gasteiger partial charge in [-0.05, 0) is 25.7 Å². The van der Waals surface area contributed by atoms with Gasteiger partial charge in [-0.15, -0.1) is 0 Å². The summed E-state index contributed by atoms with van der Waals surface area (Å²) in [4.78, 5) is 67.0. The van der Waals surface area contributed by atoms with Crippen LogP contribution in [0.25, 0.3) is 0 Å². The van der Waals surface area contributed by atoms with Gasteiger partial charge in [-0.2, -0.15) is 0 Å². The molecule has 0 fully saturated rings. The van der Waals surface area contributed by atoms with E-state index in [2.05, 4.69) is 25.9 Å². The third-order valence-corrected chi connectivity index (χ3v) is 4.72. The highest BCUT2D eigenvalue weighted by molar-refractivity contribution is 5.94. The molecule has 1 heterocycles. The van der Waals surface area contributed by atoms with Crippen LogP contribution < -0.4 is 27.4 Å². The molecule has 0 saturated heterocycles. The number of nitrogens with two attached hydrogens (primary N) is 2. The number of nitrogens with zero attached hydrogens (tertiary/aromatic N) is 1. The normalized spacial score (nSPS) is 14.6. The van der Waals surface area contributed by atoms with E-state index >= 15 is 0 Å². The number of H-pyrrole nitrogens is 1. The molecular formula is C20H33N7O6. The molecule has 0 aliphatic rings. The van der Waals surface area contributed by atoms with Gasteiger partial charge in [-0.3, -0.25) is 24.0 Å². The predicted molar refractivity (Wildman–Crippen MR) is 117 cm³/mol. The highest BCUT2D eigenvalue weighted by Gasteiger charge is 2.30. The molecule has 0 bridgehead atoms. The van der Waals surface area contributed by atoms with Crippen LogP contribution in [0.3, 0.4) is 0 Å². The van der Waals surface area contributed by atoms with Crippen molar-refractivity contribution in [2.75, 3.05) is 0 Å². The molecule has 1 aromatic rings. The Morgan fingerprint density at radius 2 is 1.64 bits per heavy atom. The molecule has 13 nitrogen and oxygen atoms in total. The maximum atomic E-state index is 13.0. The van der Waals surface area contributed by atoms with Crippen LogP contribution in [0.5, 0.6) is 0 Å². The van der Waals surface area contributed by atoms with E-state index in [1.807, 2.05) is 13.8 Å². The second kappa shape index (κ2) is 13.2. The van der Waals surface area contributed by atoms with Crippen molar-refractivity contribution < 1.29 is 29.1 Å². The lowest BCUT2D eigenvalue weighted by atomic mass is 10.0. The van der Waals surface area contributed by atoms with Gasteiger partial charge in [-0.25, -0.2) is 4.98 Å². The number of carboxylic acids is 1. The van der Waals surface area contributed by atoms with E-state index in [1.165, 1.54) is 19.4 Å². The quantitative estimate of drug-likeness (QED) is 0.164. The number of hydrogen-bond donors (Lipinski definition) is 7. The van der Waals surface area contributed by atoms with Crippen LogP contribution >= 0.6 is 0 Å². The minimum absolute atomic E-state index is 0.0206. The lowest BCUT2D eigenvalue weighted by molar-refractivity contribution is -0.141. The second-order valence-electron chi connectivity index (χ2n) is 8.21. The Morgan fingerprint density at radius 1 is 1.03 bits per heavy atom. The van der Waals surface area contributed by atoms with Crippen LogP contribution in [-0.2, 0) is 30.4 Å². The first-order valence-corrected chi connectivity index (χ1v) is 10.6. The summed E-state index contributed by atoms with van der Waals surface area (Å²) in [5.74, 6) is -3.85. The Morgan fingerprint density at radius 3 is 2.15 bits per heavy atom. The van der Waals surface area contributed by atoms with Crippen molar-refractivity contribution in [1.29, 1.82) is 0 Å². The van der Waals surface area contributed by atoms with Gasteiger partial charge in [0.25, 0.3) is 0 Å². The largest absolute Gasteiger partial charge is 0.480 e. The van der Waals surface area contributed by atoms with E-state index in [1.54, 1.807) is 0 Å². The van der Waals surface area contributed by atoms with Gasteiger partial charge in [0.05, 0.1) is 12.4 Å². The summed E-state index contributed by atoms with van der Waals surface area (Å²) < 4.78 is 0. The van der Waals surface area contributed by atoms with E-state index in [4.69, 9.17) is 16.6 Å². The number of aromatic nitrogens is 2. The van der Waals surface area contributed by atoms with Crippen molar-refractivity contribution >= 4 is 29.6 Å². The zero-order valence-corrected chi connectivity index (χ0v) is 19.0. The number of amides is 4. The molecule has 1 aromatic heterocycles. The minimum atomic E-state index is -1.25. The van der Waals surface area contributed by atoms with Crippen LogP contribution in [0.15, 0.2) is 12.5 Å². The molecule has 0 aliphatic heterocycles. The number of carbonyl (C=O) groups is 5. The van der Waals surface area contributed by atoms with Crippen LogP contribution in [-0.4, -0.2) is 68.8 Å². The summed E-state index contributed by atoms with van der Waals surface area (Å²) >= 11 is 0. The number of imidazole rings is 1. The van der Waals surface area contributed by atoms with Crippen molar-refractivity contribution in [1.82, 2.24) is 25.9 Å². The smallest absolute Gasteiger partial charge is 0.325 e. The Labute approximate surface area is 191 Å². The molecule has 13 heteroatoms. The van der Waals surface area contributed by atoms with E-state index in [0.29, 0.717) is 12.1 Å². The first kappa shape index (κ1) is 27.6. The van der Waals surface area contributed by atoms with E-state index in [0.717, 1.165) is 0 Å². The Kier molecular flexibility index (Phi) is 11.0. The third-order valence-electron chi connectivity index (χ3n) is 4.72. The molecule has 184 valence electrons. The van der Waals surface area contributed by atoms with Gasteiger partial charge in [0, 0.05) is 24.7 Å². The molecule has 33 heavy (non-hydrogen) atoms. The second-order valence-corrected chi connectivity index (χ2v) is 8.21. The van der Waals surface area contributed by atoms with E-state index < -0.39 is 53.8 Å². The number of carboxylic acid groups (broad SMARTS) is 1. The van der Waals surface area contributed by atoms with Crippen molar-refractivity contribution in [2.45, 2.75) is 70.6 Å². The number of carbonyl (C=O) groups excluding carboxylic acids is 4. The molecule has 1 rings (SSSR count). The fourth-order valence-corrected chi connectivity index (χ4v) is 2.92. The summed E-state index contributed by atoms with van der Waals surface area (Å²) in [6.45, 7) is 5.06. The molecule has 0 saturated carbocycles. The van der Waals surface area contributed by atoms with Gasteiger partial charge < -0.3 is 37.5 Å². The highest BCUT2D eigenvalue weighted by Crippen LogP contribution is 2.06. The average molecular weight is 468 g/mol. The summed E-state index contributed by atoms with van der Waals surface area (Å²) in [6.07, 6.45) is 2.90. The number of rotatable bonds is 14. The number of aromatic amines is 1. The summed E-state index contributed by atoms with van der Waals surface area (Å²) in [5, 5.41) is 16.4. The molecular weight excluding hydrogens is 434 g/mol. The van der Waals surface area contributed by atoms with Gasteiger partial charge in [0.2, 0.25) is 23.6 Å². The zero-order valence-electron chi connectivity index (χ0n) is 19.0. The monoisotopic (exact) mass is 467 g/mol. The van der Waals surface area contributed by atoms with Gasteiger partial charge in [0.1, 0.15) is 18.1 Å². The van der Waals surface area contributed by atoms with Crippen LogP contribution in [0.2, 0.25) is 0 Å². The predicted octanol–water partition coefficient (Wildman–Crippen LogP) is -1.85. The number of hydrogen-bond acceptors (Lipinski definition) is 7. The van der Waals surface area contributed by atoms with Crippen molar-refractivity contribution in [3.05, 3.63) is 18.2 Å². The maximum Gasteiger partial charge on any atom is 0.325 e. The van der Waals surface area contributed by atoms with Gasteiger partial charge >= 0.3 is 5.97 Å². The lowest BCUT2D eigenvalue weighted by Crippen LogP contribution is -2.57. The summed E-state index contributed by atoms with van der Waals surface area (Å²) in [6, 6.07) is -4.43. The fourth-order valence-electron chi connectivity index (χ4n) is 2.92. The maximum absolute atomic E-state index is 13.0. The van der Waals surface area contributed by atoms with Crippen molar-refractivity contribution in [3.8, 4) is 0 Å². The Hall–Kier alpha value is -3.48. The Bertz CT molecular complexity index is 827. The molecule has 9 N–H and O–H groups in total. The van der Waals surface area contributed by atoms with Gasteiger partial charge in [-0.1, -0.05) is 13.8 Å². The van der Waals surface area contributed by atoms with Crippen LogP contribution in [0, 0.1) is 5.92 Å². The molecule has 0 aromatic carbocycles. The molecule has 4 amide bonds.